The molecule has 0 aliphatic rings. The van der Waals surface area contributed by atoms with Crippen LogP contribution in [0.5, 0.6) is 0 Å². The first kappa shape index (κ1) is 22.7. The van der Waals surface area contributed by atoms with Crippen LogP contribution < -0.4 is 5.32 Å². The lowest BCUT2D eigenvalue weighted by molar-refractivity contribution is 0.102. The van der Waals surface area contributed by atoms with Gasteiger partial charge >= 0.3 is 0 Å². The number of nitrogens with zero attached hydrogens (tertiary/aromatic N) is 5. The normalized spacial score (nSPS) is 11.6. The fraction of sp³-hybridized carbons (Fsp3) is 0.190. The predicted molar refractivity (Wildman–Crippen MR) is 122 cm³/mol. The van der Waals surface area contributed by atoms with Crippen molar-refractivity contribution in [1.29, 1.82) is 0 Å². The summed E-state index contributed by atoms with van der Waals surface area (Å²) in [5, 5.41) is 14.1. The lowest BCUT2D eigenvalue weighted by Gasteiger charge is -2.11. The first-order valence-electron chi connectivity index (χ1n) is 9.80. The summed E-state index contributed by atoms with van der Waals surface area (Å²) in [6, 6.07) is 14.6. The van der Waals surface area contributed by atoms with E-state index in [1.165, 1.54) is 7.05 Å². The molecular weight excluding hydrogens is 464 g/mol. The quantitative estimate of drug-likeness (QED) is 0.395. The Kier molecular flexibility index (Phi) is 6.31. The van der Waals surface area contributed by atoms with E-state index in [0.717, 1.165) is 32.3 Å². The molecule has 2 heterocycles. The van der Waals surface area contributed by atoms with Crippen LogP contribution in [0.3, 0.4) is 0 Å². The highest BCUT2D eigenvalue weighted by Crippen LogP contribution is 2.25. The van der Waals surface area contributed by atoms with Crippen molar-refractivity contribution < 1.29 is 17.7 Å². The summed E-state index contributed by atoms with van der Waals surface area (Å²) in [6.45, 7) is 3.61. The van der Waals surface area contributed by atoms with Crippen LogP contribution in [0.4, 0.5) is 5.13 Å². The van der Waals surface area contributed by atoms with Gasteiger partial charge in [-0.1, -0.05) is 58.5 Å². The zero-order chi connectivity index (χ0) is 23.6. The molecule has 0 aliphatic carbocycles. The molecule has 0 radical (unpaired) electrons. The van der Waals surface area contributed by atoms with Crippen LogP contribution in [-0.4, -0.2) is 46.0 Å². The maximum Gasteiger partial charge on any atom is 0.272 e. The monoisotopic (exact) mass is 484 g/mol. The minimum Gasteiger partial charge on any atom is -0.338 e. The van der Waals surface area contributed by atoms with Crippen molar-refractivity contribution >= 4 is 32.4 Å². The Morgan fingerprint density at radius 3 is 2.67 bits per heavy atom. The van der Waals surface area contributed by atoms with Gasteiger partial charge in [0.15, 0.2) is 0 Å². The van der Waals surface area contributed by atoms with Gasteiger partial charge in [-0.2, -0.15) is 9.29 Å². The van der Waals surface area contributed by atoms with E-state index in [0.29, 0.717) is 11.4 Å². The van der Waals surface area contributed by atoms with Crippen molar-refractivity contribution in [2.24, 2.45) is 0 Å². The SMILES string of the molecule is Cc1cccc(-c2noc(CN(C)S(=O)(=O)c3nnc(NC(=O)c4ccccc4C)s3)n2)c1. The molecule has 0 fully saturated rings. The number of nitrogens with one attached hydrogen (secondary N) is 1. The second-order valence-corrected chi connectivity index (χ2v) is 10.5. The summed E-state index contributed by atoms with van der Waals surface area (Å²) < 4.78 is 31.8. The number of benzene rings is 2. The van der Waals surface area contributed by atoms with Crippen LogP contribution in [0, 0.1) is 13.8 Å². The molecule has 33 heavy (non-hydrogen) atoms. The highest BCUT2D eigenvalue weighted by atomic mass is 32.2. The molecule has 0 saturated heterocycles. The third kappa shape index (κ3) is 4.97. The number of amides is 1. The molecule has 2 aromatic carbocycles. The molecule has 10 nitrogen and oxygen atoms in total. The van der Waals surface area contributed by atoms with E-state index in [1.54, 1.807) is 12.1 Å². The standard InChI is InChI=1S/C21H20N6O4S2/c1-13-7-6-9-15(11-13)18-22-17(31-26-18)12-27(3)33(29,30)21-25-24-20(32-21)23-19(28)16-10-5-4-8-14(16)2/h4-11H,12H2,1-3H3,(H,23,24,28). The van der Waals surface area contributed by atoms with E-state index >= 15 is 0 Å². The molecule has 12 heteroatoms. The molecule has 0 atom stereocenters. The molecule has 1 amide bonds. The van der Waals surface area contributed by atoms with Gasteiger partial charge in [-0.3, -0.25) is 10.1 Å². The van der Waals surface area contributed by atoms with E-state index in [-0.39, 0.29) is 21.9 Å². The summed E-state index contributed by atoms with van der Waals surface area (Å²) in [6.07, 6.45) is 0. The smallest absolute Gasteiger partial charge is 0.272 e. The lowest BCUT2D eigenvalue weighted by Crippen LogP contribution is -2.26. The van der Waals surface area contributed by atoms with Crippen LogP contribution in [0.2, 0.25) is 0 Å². The van der Waals surface area contributed by atoms with Crippen LogP contribution in [0.25, 0.3) is 11.4 Å². The zero-order valence-electron chi connectivity index (χ0n) is 18.0. The number of carbonyl (C=O) groups excluding carboxylic acids is 1. The topological polar surface area (TPSA) is 131 Å². The number of hydrogen-bond donors (Lipinski definition) is 1. The highest BCUT2D eigenvalue weighted by Gasteiger charge is 2.28. The van der Waals surface area contributed by atoms with Crippen LogP contribution >= 0.6 is 11.3 Å². The van der Waals surface area contributed by atoms with Gasteiger partial charge < -0.3 is 4.52 Å². The lowest BCUT2D eigenvalue weighted by atomic mass is 10.1. The number of anilines is 1. The molecule has 2 aromatic heterocycles. The molecule has 0 saturated carbocycles. The second kappa shape index (κ2) is 9.17. The van der Waals surface area contributed by atoms with Crippen molar-refractivity contribution in [2.75, 3.05) is 12.4 Å². The van der Waals surface area contributed by atoms with Crippen LogP contribution in [-0.2, 0) is 16.6 Å². The van der Waals surface area contributed by atoms with E-state index in [1.807, 2.05) is 50.2 Å². The highest BCUT2D eigenvalue weighted by molar-refractivity contribution is 7.91. The molecule has 0 aliphatic heterocycles. The Balaban J connectivity index is 1.46. The van der Waals surface area contributed by atoms with E-state index in [4.69, 9.17) is 4.52 Å². The predicted octanol–water partition coefficient (Wildman–Crippen LogP) is 3.28. The van der Waals surface area contributed by atoms with Crippen molar-refractivity contribution in [3.8, 4) is 11.4 Å². The first-order chi connectivity index (χ1) is 15.7. The van der Waals surface area contributed by atoms with Crippen molar-refractivity contribution in [1.82, 2.24) is 24.6 Å². The van der Waals surface area contributed by atoms with Gasteiger partial charge in [-0.25, -0.2) is 8.42 Å². The molecule has 4 rings (SSSR count). The number of aryl methyl sites for hydroxylation is 2. The summed E-state index contributed by atoms with van der Waals surface area (Å²) in [5.74, 6) is 0.114. The molecule has 0 spiro atoms. The fourth-order valence-corrected chi connectivity index (χ4v) is 5.19. The minimum absolute atomic E-state index is 0.0785. The third-order valence-electron chi connectivity index (χ3n) is 4.75. The number of hydrogen-bond acceptors (Lipinski definition) is 9. The van der Waals surface area contributed by atoms with Crippen LogP contribution in [0.1, 0.15) is 27.4 Å². The number of carbonyl (C=O) groups is 1. The van der Waals surface area contributed by atoms with Crippen molar-refractivity contribution in [3.63, 3.8) is 0 Å². The Bertz CT molecular complexity index is 1410. The average Bonchev–Trinajstić information content (AvgIpc) is 3.44. The van der Waals surface area contributed by atoms with Gasteiger partial charge in [0, 0.05) is 18.2 Å². The first-order valence-corrected chi connectivity index (χ1v) is 12.1. The minimum atomic E-state index is -3.99. The van der Waals surface area contributed by atoms with Gasteiger partial charge in [0.25, 0.3) is 15.9 Å². The van der Waals surface area contributed by atoms with Gasteiger partial charge in [0.2, 0.25) is 21.2 Å². The molecule has 1 N–H and O–H groups in total. The summed E-state index contributed by atoms with van der Waals surface area (Å²) in [7, 11) is -2.61. The largest absolute Gasteiger partial charge is 0.338 e. The Morgan fingerprint density at radius 1 is 1.12 bits per heavy atom. The number of sulfonamides is 1. The summed E-state index contributed by atoms with van der Waals surface area (Å²) in [4.78, 5) is 16.7. The Hall–Kier alpha value is -3.48. The molecule has 170 valence electrons. The molecule has 0 bridgehead atoms. The third-order valence-corrected chi connectivity index (χ3v) is 7.74. The molecular formula is C21H20N6O4S2. The average molecular weight is 485 g/mol. The van der Waals surface area contributed by atoms with Gasteiger partial charge in [0.05, 0.1) is 6.54 Å². The van der Waals surface area contributed by atoms with Crippen molar-refractivity contribution in [3.05, 3.63) is 71.1 Å². The van der Waals surface area contributed by atoms with E-state index in [9.17, 15) is 13.2 Å². The van der Waals surface area contributed by atoms with Crippen molar-refractivity contribution in [2.45, 2.75) is 24.7 Å². The maximum absolute atomic E-state index is 12.9. The van der Waals surface area contributed by atoms with E-state index in [2.05, 4.69) is 25.7 Å². The number of rotatable bonds is 7. The second-order valence-electron chi connectivity index (χ2n) is 7.28. The number of aromatic nitrogens is 4. The molecule has 4 aromatic rings. The Labute approximate surface area is 194 Å². The summed E-state index contributed by atoms with van der Waals surface area (Å²) >= 11 is 0.761. The Morgan fingerprint density at radius 2 is 1.91 bits per heavy atom. The molecule has 0 unspecified atom stereocenters. The fourth-order valence-electron chi connectivity index (χ4n) is 2.99. The zero-order valence-corrected chi connectivity index (χ0v) is 19.6. The summed E-state index contributed by atoms with van der Waals surface area (Å²) in [5.41, 5.74) is 3.07. The van der Waals surface area contributed by atoms with Gasteiger partial charge in [-0.05, 0) is 31.5 Å². The van der Waals surface area contributed by atoms with Gasteiger partial charge in [0.1, 0.15) is 0 Å². The van der Waals surface area contributed by atoms with E-state index < -0.39 is 15.9 Å². The van der Waals surface area contributed by atoms with Crippen LogP contribution in [0.15, 0.2) is 57.4 Å². The maximum atomic E-state index is 12.9. The van der Waals surface area contributed by atoms with Gasteiger partial charge in [-0.15, -0.1) is 10.2 Å².